The lowest BCUT2D eigenvalue weighted by atomic mass is 9.69. The molecule has 3 aromatic rings. The van der Waals surface area contributed by atoms with Gasteiger partial charge in [0.05, 0.1) is 23.5 Å². The molecule has 2 aliphatic rings. The zero-order valence-electron chi connectivity index (χ0n) is 17.8. The Labute approximate surface area is 190 Å². The highest BCUT2D eigenvalue weighted by atomic mass is 35.5. The first-order chi connectivity index (χ1) is 15.3. The lowest BCUT2D eigenvalue weighted by molar-refractivity contribution is -0.384. The number of nitro groups is 1. The van der Waals surface area contributed by atoms with Crippen molar-refractivity contribution in [2.24, 2.45) is 0 Å². The van der Waals surface area contributed by atoms with Gasteiger partial charge in [-0.2, -0.15) is 0 Å². The average molecular weight is 449 g/mol. The summed E-state index contributed by atoms with van der Waals surface area (Å²) in [6, 6.07) is 19.7. The second-order valence-electron chi connectivity index (χ2n) is 8.11. The Morgan fingerprint density at radius 2 is 1.81 bits per heavy atom. The fourth-order valence-electron chi connectivity index (χ4n) is 5.03. The number of methoxy groups -OCH3 is 1. The first kappa shape index (κ1) is 20.4. The van der Waals surface area contributed by atoms with Crippen LogP contribution in [0.15, 0.2) is 66.7 Å². The van der Waals surface area contributed by atoms with Crippen molar-refractivity contribution < 1.29 is 14.4 Å². The molecule has 0 N–H and O–H groups in total. The van der Waals surface area contributed by atoms with Crippen LogP contribution in [0, 0.1) is 10.1 Å². The van der Waals surface area contributed by atoms with Crippen LogP contribution in [0.3, 0.4) is 0 Å². The Kier molecular flexibility index (Phi) is 4.46. The first-order valence-corrected chi connectivity index (χ1v) is 10.5. The molecule has 0 radical (unpaired) electrons. The molecule has 3 aromatic carbocycles. The van der Waals surface area contributed by atoms with Crippen LogP contribution in [0.2, 0.25) is 5.02 Å². The van der Waals surface area contributed by atoms with Crippen molar-refractivity contribution in [2.75, 3.05) is 19.1 Å². The highest BCUT2D eigenvalue weighted by Crippen LogP contribution is 2.59. The summed E-state index contributed by atoms with van der Waals surface area (Å²) in [5.74, 6) is 0.645. The van der Waals surface area contributed by atoms with Crippen LogP contribution in [-0.2, 0) is 5.41 Å². The van der Waals surface area contributed by atoms with Gasteiger partial charge in [0.2, 0.25) is 5.72 Å². The Morgan fingerprint density at radius 1 is 1.12 bits per heavy atom. The molecule has 0 fully saturated rings. The van der Waals surface area contributed by atoms with Gasteiger partial charge in [0, 0.05) is 18.3 Å². The van der Waals surface area contributed by atoms with Crippen LogP contribution in [0.5, 0.6) is 11.5 Å². The van der Waals surface area contributed by atoms with Gasteiger partial charge in [-0.1, -0.05) is 60.1 Å². The molecule has 2 aliphatic heterocycles. The second-order valence-corrected chi connectivity index (χ2v) is 8.49. The predicted octanol–water partition coefficient (Wildman–Crippen LogP) is 5.81. The molecule has 1 spiro atoms. The Hall–Kier alpha value is -3.51. The number of fused-ring (bicyclic) bond motifs is 2. The van der Waals surface area contributed by atoms with Crippen molar-refractivity contribution in [3.63, 3.8) is 0 Å². The number of nitro benzene ring substituents is 1. The molecular formula is C25H21ClN2O4. The monoisotopic (exact) mass is 448 g/mol. The molecule has 0 amide bonds. The maximum absolute atomic E-state index is 11.5. The molecule has 162 valence electrons. The number of anilines is 1. The number of hydrogen-bond donors (Lipinski definition) is 0. The summed E-state index contributed by atoms with van der Waals surface area (Å²) in [5.41, 5.74) is 1.92. The molecule has 0 aliphatic carbocycles. The molecule has 2 unspecified atom stereocenters. The summed E-state index contributed by atoms with van der Waals surface area (Å²) < 4.78 is 12.3. The van der Waals surface area contributed by atoms with E-state index in [1.807, 2.05) is 43.5 Å². The fourth-order valence-corrected chi connectivity index (χ4v) is 5.30. The predicted molar refractivity (Wildman–Crippen MR) is 125 cm³/mol. The molecule has 2 atom stereocenters. The van der Waals surface area contributed by atoms with Gasteiger partial charge in [-0.3, -0.25) is 10.1 Å². The van der Waals surface area contributed by atoms with E-state index in [2.05, 4.69) is 36.1 Å². The van der Waals surface area contributed by atoms with Gasteiger partial charge in [0.15, 0.2) is 11.5 Å². The maximum Gasteiger partial charge on any atom is 0.292 e. The van der Waals surface area contributed by atoms with E-state index in [4.69, 9.17) is 21.1 Å². The molecule has 6 nitrogen and oxygen atoms in total. The third-order valence-electron chi connectivity index (χ3n) is 6.72. The van der Waals surface area contributed by atoms with Crippen LogP contribution in [0.1, 0.15) is 23.6 Å². The highest BCUT2D eigenvalue weighted by molar-refractivity contribution is 6.34. The number of rotatable bonds is 3. The summed E-state index contributed by atoms with van der Waals surface area (Å²) in [4.78, 5) is 13.1. The zero-order valence-corrected chi connectivity index (χ0v) is 18.6. The summed E-state index contributed by atoms with van der Waals surface area (Å²) in [6.45, 7) is 2.15. The first-order valence-electron chi connectivity index (χ1n) is 10.2. The van der Waals surface area contributed by atoms with Gasteiger partial charge in [0.25, 0.3) is 5.69 Å². The summed E-state index contributed by atoms with van der Waals surface area (Å²) >= 11 is 6.42. The number of nitrogens with zero attached hydrogens (tertiary/aromatic N) is 2. The van der Waals surface area contributed by atoms with Gasteiger partial charge in [-0.05, 0) is 36.3 Å². The molecule has 32 heavy (non-hydrogen) atoms. The minimum absolute atomic E-state index is 0.0245. The van der Waals surface area contributed by atoms with E-state index in [0.29, 0.717) is 11.3 Å². The van der Waals surface area contributed by atoms with Crippen molar-refractivity contribution in [2.45, 2.75) is 18.1 Å². The lowest BCUT2D eigenvalue weighted by Crippen LogP contribution is -2.59. The van der Waals surface area contributed by atoms with E-state index in [1.54, 1.807) is 6.08 Å². The van der Waals surface area contributed by atoms with Crippen molar-refractivity contribution in [3.8, 4) is 11.5 Å². The Bertz CT molecular complexity index is 1280. The topological polar surface area (TPSA) is 64.8 Å². The molecule has 0 saturated heterocycles. The van der Waals surface area contributed by atoms with E-state index in [1.165, 1.54) is 13.2 Å². The molecule has 0 bridgehead atoms. The second kappa shape index (κ2) is 7.00. The summed E-state index contributed by atoms with van der Waals surface area (Å²) in [5, 5.41) is 11.5. The number of likely N-dealkylation sites (N-methyl/N-ethyl adjacent to an activating group) is 1. The average Bonchev–Trinajstić information content (AvgIpc) is 3.00. The van der Waals surface area contributed by atoms with Gasteiger partial charge >= 0.3 is 0 Å². The minimum Gasteiger partial charge on any atom is -0.493 e. The van der Waals surface area contributed by atoms with E-state index in [9.17, 15) is 10.1 Å². The van der Waals surface area contributed by atoms with Crippen molar-refractivity contribution in [3.05, 3.63) is 98.6 Å². The van der Waals surface area contributed by atoms with Gasteiger partial charge < -0.3 is 14.4 Å². The molecule has 0 saturated carbocycles. The molecule has 7 heteroatoms. The number of benzene rings is 3. The molecule has 0 aromatic heterocycles. The number of hydrogen-bond acceptors (Lipinski definition) is 5. The van der Waals surface area contributed by atoms with Crippen LogP contribution >= 0.6 is 11.6 Å². The van der Waals surface area contributed by atoms with Gasteiger partial charge in [0.1, 0.15) is 5.02 Å². The van der Waals surface area contributed by atoms with Gasteiger partial charge in [-0.25, -0.2) is 0 Å². The van der Waals surface area contributed by atoms with Crippen LogP contribution in [0.4, 0.5) is 11.4 Å². The van der Waals surface area contributed by atoms with Crippen molar-refractivity contribution >= 4 is 29.1 Å². The standard InChI is InChI=1S/C25H21ClN2O4/c1-24(16-9-5-4-6-10-16)18-11-7-8-12-19(18)27(2)25(24)14-13-17-22(26)20(28(29)30)15-21(31-3)23(17)32-25/h4-15H,1-3H3. The number of ether oxygens (including phenoxy) is 2. The molecule has 5 rings (SSSR count). The summed E-state index contributed by atoms with van der Waals surface area (Å²) in [7, 11) is 3.45. The van der Waals surface area contributed by atoms with Crippen molar-refractivity contribution in [1.82, 2.24) is 0 Å². The SMILES string of the molecule is COc1cc([N+](=O)[O-])c(Cl)c2c1OC1(C=C2)N(C)c2ccccc2C1(C)c1ccccc1. The maximum atomic E-state index is 11.5. The largest absolute Gasteiger partial charge is 0.493 e. The molecule has 2 heterocycles. The summed E-state index contributed by atoms with van der Waals surface area (Å²) in [6.07, 6.45) is 3.75. The Morgan fingerprint density at radius 3 is 2.50 bits per heavy atom. The van der Waals surface area contributed by atoms with E-state index >= 15 is 0 Å². The quantitative estimate of drug-likeness (QED) is 0.373. The number of para-hydroxylation sites is 1. The van der Waals surface area contributed by atoms with Gasteiger partial charge in [-0.15, -0.1) is 0 Å². The normalized spacial score (nSPS) is 22.9. The zero-order chi connectivity index (χ0) is 22.7. The van der Waals surface area contributed by atoms with E-state index in [0.717, 1.165) is 16.8 Å². The highest BCUT2D eigenvalue weighted by Gasteiger charge is 2.61. The van der Waals surface area contributed by atoms with Crippen molar-refractivity contribution in [1.29, 1.82) is 0 Å². The van der Waals surface area contributed by atoms with E-state index in [-0.39, 0.29) is 16.5 Å². The lowest BCUT2D eigenvalue weighted by Gasteiger charge is -2.47. The minimum atomic E-state index is -0.947. The van der Waals surface area contributed by atoms with Crippen LogP contribution < -0.4 is 14.4 Å². The smallest absolute Gasteiger partial charge is 0.292 e. The molecular weight excluding hydrogens is 428 g/mol. The van der Waals surface area contributed by atoms with E-state index < -0.39 is 16.1 Å². The third-order valence-corrected chi connectivity index (χ3v) is 7.11. The van der Waals surface area contributed by atoms with Crippen LogP contribution in [-0.4, -0.2) is 24.8 Å². The fraction of sp³-hybridized carbons (Fsp3) is 0.200. The third kappa shape index (κ3) is 2.47. The van der Waals surface area contributed by atoms with Crippen LogP contribution in [0.25, 0.3) is 6.08 Å². The Balaban J connectivity index is 1.79. The number of halogens is 1.